The van der Waals surface area contributed by atoms with E-state index in [2.05, 4.69) is 50.2 Å². The van der Waals surface area contributed by atoms with Crippen molar-refractivity contribution in [3.63, 3.8) is 0 Å². The zero-order valence-electron chi connectivity index (χ0n) is 15.4. The minimum absolute atomic E-state index is 0.680. The van der Waals surface area contributed by atoms with Gasteiger partial charge in [0.2, 0.25) is 5.95 Å². The maximum absolute atomic E-state index is 4.77. The average molecular weight is 326 g/mol. The summed E-state index contributed by atoms with van der Waals surface area (Å²) in [5, 5.41) is 3.46. The Balaban J connectivity index is 2.25. The summed E-state index contributed by atoms with van der Waals surface area (Å²) < 4.78 is 0. The number of nitrogens with one attached hydrogen (secondary N) is 1. The van der Waals surface area contributed by atoms with E-state index in [4.69, 9.17) is 9.97 Å². The van der Waals surface area contributed by atoms with Gasteiger partial charge in [-0.2, -0.15) is 4.98 Å². The summed E-state index contributed by atoms with van der Waals surface area (Å²) >= 11 is 0. The lowest BCUT2D eigenvalue weighted by Gasteiger charge is -2.19. The molecule has 0 fully saturated rings. The molecule has 4 nitrogen and oxygen atoms in total. The maximum atomic E-state index is 4.77. The molecule has 0 aliphatic heterocycles. The van der Waals surface area contributed by atoms with Gasteiger partial charge in [0, 0.05) is 31.8 Å². The standard InChI is InChI=1S/C20H30N4/c1-5-6-14-24(4)20-22-18(17-10-8-7-9-11-17)15-19(23-20)21-13-12-16(2)3/h7-11,15-16H,5-6,12-14H2,1-4H3,(H,21,22,23). The Morgan fingerprint density at radius 2 is 1.88 bits per heavy atom. The van der Waals surface area contributed by atoms with Crippen LogP contribution in [0.25, 0.3) is 11.3 Å². The van der Waals surface area contributed by atoms with Crippen LogP contribution in [0.15, 0.2) is 36.4 Å². The van der Waals surface area contributed by atoms with Crippen LogP contribution in [-0.4, -0.2) is 30.1 Å². The SMILES string of the molecule is CCCCN(C)c1nc(NCCC(C)C)cc(-c2ccccc2)n1. The van der Waals surface area contributed by atoms with Crippen molar-refractivity contribution >= 4 is 11.8 Å². The van der Waals surface area contributed by atoms with Crippen LogP contribution in [0, 0.1) is 5.92 Å². The van der Waals surface area contributed by atoms with E-state index < -0.39 is 0 Å². The van der Waals surface area contributed by atoms with Crippen molar-refractivity contribution < 1.29 is 0 Å². The molecule has 0 spiro atoms. The van der Waals surface area contributed by atoms with Crippen LogP contribution < -0.4 is 10.2 Å². The van der Waals surface area contributed by atoms with Crippen LogP contribution in [0.3, 0.4) is 0 Å². The molecule has 1 aromatic heterocycles. The van der Waals surface area contributed by atoms with E-state index in [9.17, 15) is 0 Å². The fourth-order valence-corrected chi connectivity index (χ4v) is 2.44. The Hall–Kier alpha value is -2.10. The first-order valence-corrected chi connectivity index (χ1v) is 8.99. The Labute approximate surface area is 146 Å². The molecule has 0 bridgehead atoms. The molecule has 1 N–H and O–H groups in total. The first-order valence-electron chi connectivity index (χ1n) is 8.99. The molecule has 0 radical (unpaired) electrons. The normalized spacial score (nSPS) is 10.9. The van der Waals surface area contributed by atoms with Crippen molar-refractivity contribution in [1.82, 2.24) is 9.97 Å². The first-order chi connectivity index (χ1) is 11.6. The van der Waals surface area contributed by atoms with Gasteiger partial charge < -0.3 is 10.2 Å². The van der Waals surface area contributed by atoms with Gasteiger partial charge in [0.25, 0.3) is 0 Å². The van der Waals surface area contributed by atoms with Crippen LogP contribution in [0.5, 0.6) is 0 Å². The summed E-state index contributed by atoms with van der Waals surface area (Å²) in [6.07, 6.45) is 3.44. The molecular formula is C20H30N4. The van der Waals surface area contributed by atoms with Gasteiger partial charge in [-0.25, -0.2) is 4.98 Å². The Bertz CT molecular complexity index is 610. The molecule has 0 atom stereocenters. The van der Waals surface area contributed by atoms with E-state index in [-0.39, 0.29) is 0 Å². The van der Waals surface area contributed by atoms with Crippen LogP contribution in [0.1, 0.15) is 40.0 Å². The molecule has 0 unspecified atom stereocenters. The second kappa shape index (κ2) is 9.26. The molecule has 1 heterocycles. The molecule has 130 valence electrons. The molecule has 2 aromatic rings. The molecule has 0 saturated heterocycles. The lowest BCUT2D eigenvalue weighted by atomic mass is 10.1. The molecule has 0 aliphatic rings. The summed E-state index contributed by atoms with van der Waals surface area (Å²) in [5.74, 6) is 2.37. The predicted molar refractivity (Wildman–Crippen MR) is 104 cm³/mol. The zero-order valence-corrected chi connectivity index (χ0v) is 15.4. The quantitative estimate of drug-likeness (QED) is 0.716. The zero-order chi connectivity index (χ0) is 17.4. The van der Waals surface area contributed by atoms with E-state index in [0.717, 1.165) is 49.0 Å². The topological polar surface area (TPSA) is 41.1 Å². The summed E-state index contributed by atoms with van der Waals surface area (Å²) in [6.45, 7) is 8.58. The molecule has 2 rings (SSSR count). The number of unbranched alkanes of at least 4 members (excludes halogenated alkanes) is 1. The van der Waals surface area contributed by atoms with Gasteiger partial charge in [0.05, 0.1) is 5.69 Å². The number of benzene rings is 1. The highest BCUT2D eigenvalue weighted by molar-refractivity contribution is 5.64. The molecule has 0 saturated carbocycles. The van der Waals surface area contributed by atoms with Crippen molar-refractivity contribution in [1.29, 1.82) is 0 Å². The van der Waals surface area contributed by atoms with Crippen LogP contribution in [0.4, 0.5) is 11.8 Å². The minimum Gasteiger partial charge on any atom is -0.370 e. The van der Waals surface area contributed by atoms with E-state index in [0.29, 0.717) is 5.92 Å². The minimum atomic E-state index is 0.680. The molecule has 4 heteroatoms. The second-order valence-electron chi connectivity index (χ2n) is 6.69. The number of nitrogens with zero attached hydrogens (tertiary/aromatic N) is 3. The molecule has 1 aromatic carbocycles. The van der Waals surface area contributed by atoms with E-state index in [1.54, 1.807) is 0 Å². The highest BCUT2D eigenvalue weighted by atomic mass is 15.2. The van der Waals surface area contributed by atoms with Gasteiger partial charge in [-0.05, 0) is 18.8 Å². The molecular weight excluding hydrogens is 296 g/mol. The fraction of sp³-hybridized carbons (Fsp3) is 0.500. The van der Waals surface area contributed by atoms with Gasteiger partial charge >= 0.3 is 0 Å². The third kappa shape index (κ3) is 5.52. The van der Waals surface area contributed by atoms with E-state index >= 15 is 0 Å². The Kier molecular flexibility index (Phi) is 7.04. The lowest BCUT2D eigenvalue weighted by Crippen LogP contribution is -2.21. The predicted octanol–water partition coefficient (Wildman–Crippen LogP) is 4.84. The average Bonchev–Trinajstić information content (AvgIpc) is 2.60. The van der Waals surface area contributed by atoms with Gasteiger partial charge in [-0.3, -0.25) is 0 Å². The lowest BCUT2D eigenvalue weighted by molar-refractivity contribution is 0.606. The van der Waals surface area contributed by atoms with Crippen LogP contribution >= 0.6 is 0 Å². The van der Waals surface area contributed by atoms with Gasteiger partial charge in [0.15, 0.2) is 0 Å². The smallest absolute Gasteiger partial charge is 0.227 e. The van der Waals surface area contributed by atoms with Gasteiger partial charge in [-0.1, -0.05) is 57.5 Å². The third-order valence-corrected chi connectivity index (χ3v) is 4.00. The molecule has 0 amide bonds. The van der Waals surface area contributed by atoms with Crippen molar-refractivity contribution in [2.75, 3.05) is 30.4 Å². The van der Waals surface area contributed by atoms with Crippen molar-refractivity contribution in [2.45, 2.75) is 40.0 Å². The summed E-state index contributed by atoms with van der Waals surface area (Å²) in [6, 6.07) is 12.4. The summed E-state index contributed by atoms with van der Waals surface area (Å²) in [5.41, 5.74) is 2.09. The number of rotatable bonds is 9. The van der Waals surface area contributed by atoms with Crippen LogP contribution in [-0.2, 0) is 0 Å². The fourth-order valence-electron chi connectivity index (χ4n) is 2.44. The maximum Gasteiger partial charge on any atom is 0.227 e. The van der Waals surface area contributed by atoms with Gasteiger partial charge in [-0.15, -0.1) is 0 Å². The van der Waals surface area contributed by atoms with Crippen molar-refractivity contribution in [3.05, 3.63) is 36.4 Å². The second-order valence-corrected chi connectivity index (χ2v) is 6.69. The Morgan fingerprint density at radius 1 is 1.12 bits per heavy atom. The number of anilines is 2. The first kappa shape index (κ1) is 18.2. The summed E-state index contributed by atoms with van der Waals surface area (Å²) in [7, 11) is 2.07. The molecule has 0 aliphatic carbocycles. The number of hydrogen-bond acceptors (Lipinski definition) is 4. The van der Waals surface area contributed by atoms with E-state index in [1.807, 2.05) is 24.3 Å². The largest absolute Gasteiger partial charge is 0.370 e. The highest BCUT2D eigenvalue weighted by Crippen LogP contribution is 2.22. The van der Waals surface area contributed by atoms with Crippen molar-refractivity contribution in [3.8, 4) is 11.3 Å². The highest BCUT2D eigenvalue weighted by Gasteiger charge is 2.10. The van der Waals surface area contributed by atoms with Crippen molar-refractivity contribution in [2.24, 2.45) is 5.92 Å². The van der Waals surface area contributed by atoms with Crippen LogP contribution in [0.2, 0.25) is 0 Å². The monoisotopic (exact) mass is 326 g/mol. The number of aromatic nitrogens is 2. The summed E-state index contributed by atoms with van der Waals surface area (Å²) in [4.78, 5) is 11.6. The Morgan fingerprint density at radius 3 is 2.54 bits per heavy atom. The number of hydrogen-bond donors (Lipinski definition) is 1. The van der Waals surface area contributed by atoms with Gasteiger partial charge in [0.1, 0.15) is 5.82 Å². The van der Waals surface area contributed by atoms with E-state index in [1.165, 1.54) is 6.42 Å². The molecule has 24 heavy (non-hydrogen) atoms. The third-order valence-electron chi connectivity index (χ3n) is 4.00.